The van der Waals surface area contributed by atoms with Gasteiger partial charge in [0.2, 0.25) is 10.8 Å². The van der Waals surface area contributed by atoms with Crippen LogP contribution in [0, 0.1) is 5.82 Å². The van der Waals surface area contributed by atoms with Crippen molar-refractivity contribution in [3.63, 3.8) is 0 Å². The number of fused-ring (bicyclic) bond motifs is 1. The van der Waals surface area contributed by atoms with Crippen LogP contribution in [0.1, 0.15) is 10.4 Å². The van der Waals surface area contributed by atoms with Crippen LogP contribution < -0.4 is 4.74 Å². The van der Waals surface area contributed by atoms with Crippen LogP contribution in [0.15, 0.2) is 18.2 Å². The number of Topliss-reactive ketones (excluding diaryl/α,β-unsaturated/α-hetero) is 1. The maximum Gasteiger partial charge on any atom is 0.218 e. The summed E-state index contributed by atoms with van der Waals surface area (Å²) >= 11 is 2.98. The van der Waals surface area contributed by atoms with E-state index in [2.05, 4.69) is 15.9 Å². The molecule has 1 aliphatic heterocycles. The molecule has 0 saturated heterocycles. The number of hydrogen-bond acceptors (Lipinski definition) is 2. The van der Waals surface area contributed by atoms with Crippen molar-refractivity contribution in [3.05, 3.63) is 29.6 Å². The van der Waals surface area contributed by atoms with Gasteiger partial charge in [0.1, 0.15) is 0 Å². The van der Waals surface area contributed by atoms with E-state index in [0.717, 1.165) is 0 Å². The number of hydrogen-bond donors (Lipinski definition) is 0. The van der Waals surface area contributed by atoms with Gasteiger partial charge in [-0.3, -0.25) is 4.79 Å². The van der Waals surface area contributed by atoms with E-state index in [1.165, 1.54) is 12.1 Å². The second-order valence-corrected chi connectivity index (χ2v) is 3.25. The Labute approximate surface area is 76.5 Å². The monoisotopic (exact) mass is 230 g/mol. The smallest absolute Gasteiger partial charge is 0.218 e. The molecule has 0 amide bonds. The lowest BCUT2D eigenvalue weighted by molar-refractivity contribution is 0.0941. The van der Waals surface area contributed by atoms with Gasteiger partial charge in [0.25, 0.3) is 0 Å². The second kappa shape index (κ2) is 2.55. The molecule has 1 unspecified atom stereocenters. The predicted molar refractivity (Wildman–Crippen MR) is 44.1 cm³/mol. The Kier molecular flexibility index (Phi) is 1.65. The largest absolute Gasteiger partial charge is 0.467 e. The van der Waals surface area contributed by atoms with Gasteiger partial charge in [-0.25, -0.2) is 4.39 Å². The molecule has 2 rings (SSSR count). The topological polar surface area (TPSA) is 26.3 Å². The van der Waals surface area contributed by atoms with Crippen molar-refractivity contribution < 1.29 is 13.9 Å². The molecule has 0 bridgehead atoms. The zero-order chi connectivity index (χ0) is 8.72. The molecule has 0 aromatic heterocycles. The summed E-state index contributed by atoms with van der Waals surface area (Å²) < 4.78 is 17.9. The van der Waals surface area contributed by atoms with E-state index in [1.807, 2.05) is 0 Å². The van der Waals surface area contributed by atoms with E-state index < -0.39 is 10.8 Å². The van der Waals surface area contributed by atoms with Crippen LogP contribution in [0.25, 0.3) is 0 Å². The highest BCUT2D eigenvalue weighted by Gasteiger charge is 2.32. The lowest BCUT2D eigenvalue weighted by Gasteiger charge is -1.99. The molecule has 0 saturated carbocycles. The molecule has 0 fully saturated rings. The number of alkyl halides is 1. The molecule has 1 aliphatic rings. The minimum absolute atomic E-state index is 0.0457. The third-order valence-corrected chi connectivity index (χ3v) is 2.26. The van der Waals surface area contributed by atoms with Crippen molar-refractivity contribution in [3.8, 4) is 5.75 Å². The average molecular weight is 231 g/mol. The fourth-order valence-electron chi connectivity index (χ4n) is 1.10. The first-order valence-electron chi connectivity index (χ1n) is 3.33. The summed E-state index contributed by atoms with van der Waals surface area (Å²) in [5, 5.41) is -0.732. The number of ketones is 1. The first kappa shape index (κ1) is 7.73. The van der Waals surface area contributed by atoms with Crippen molar-refractivity contribution in [2.45, 2.75) is 5.01 Å². The number of halogens is 2. The molecule has 12 heavy (non-hydrogen) atoms. The van der Waals surface area contributed by atoms with Crippen molar-refractivity contribution >= 4 is 21.7 Å². The molecule has 0 spiro atoms. The quantitative estimate of drug-likeness (QED) is 0.639. The molecule has 2 nitrogen and oxygen atoms in total. The minimum Gasteiger partial charge on any atom is -0.467 e. The van der Waals surface area contributed by atoms with E-state index in [9.17, 15) is 9.18 Å². The summed E-state index contributed by atoms with van der Waals surface area (Å²) in [5.74, 6) is -0.684. The SMILES string of the molecule is O=C1c2cccc(F)c2OC1Br. The zero-order valence-electron chi connectivity index (χ0n) is 5.88. The summed E-state index contributed by atoms with van der Waals surface area (Å²) in [6.07, 6.45) is 0. The van der Waals surface area contributed by atoms with Crippen LogP contribution in [0.4, 0.5) is 4.39 Å². The second-order valence-electron chi connectivity index (χ2n) is 2.41. The highest BCUT2D eigenvalue weighted by atomic mass is 79.9. The molecular weight excluding hydrogens is 227 g/mol. The van der Waals surface area contributed by atoms with E-state index in [4.69, 9.17) is 4.74 Å². The van der Waals surface area contributed by atoms with Crippen LogP contribution in [0.5, 0.6) is 5.75 Å². The molecule has 1 atom stereocenters. The van der Waals surface area contributed by atoms with Crippen LogP contribution >= 0.6 is 15.9 Å². The average Bonchev–Trinajstić information content (AvgIpc) is 2.32. The van der Waals surface area contributed by atoms with E-state index in [0.29, 0.717) is 5.56 Å². The Morgan fingerprint density at radius 2 is 2.25 bits per heavy atom. The van der Waals surface area contributed by atoms with Gasteiger partial charge in [0.05, 0.1) is 5.56 Å². The maximum absolute atomic E-state index is 12.9. The molecule has 0 radical (unpaired) electrons. The third-order valence-electron chi connectivity index (χ3n) is 1.66. The molecule has 0 N–H and O–H groups in total. The maximum atomic E-state index is 12.9. The third kappa shape index (κ3) is 0.948. The van der Waals surface area contributed by atoms with Gasteiger partial charge in [-0.1, -0.05) is 6.07 Å². The lowest BCUT2D eigenvalue weighted by Crippen LogP contribution is -2.10. The van der Waals surface area contributed by atoms with Crippen molar-refractivity contribution in [2.75, 3.05) is 0 Å². The predicted octanol–water partition coefficient (Wildman–Crippen LogP) is 2.12. The van der Waals surface area contributed by atoms with Gasteiger partial charge < -0.3 is 4.74 Å². The number of benzene rings is 1. The molecular formula is C8H4BrFO2. The fourth-order valence-corrected chi connectivity index (χ4v) is 1.54. The molecule has 0 aliphatic carbocycles. The van der Waals surface area contributed by atoms with Crippen LogP contribution in [0.2, 0.25) is 0 Å². The summed E-state index contributed by atoms with van der Waals surface area (Å²) in [6, 6.07) is 4.29. The first-order chi connectivity index (χ1) is 5.70. The fraction of sp³-hybridized carbons (Fsp3) is 0.125. The summed E-state index contributed by atoms with van der Waals surface area (Å²) in [4.78, 5) is 11.2. The van der Waals surface area contributed by atoms with Crippen molar-refractivity contribution in [2.24, 2.45) is 0 Å². The summed E-state index contributed by atoms with van der Waals surface area (Å²) in [6.45, 7) is 0. The lowest BCUT2D eigenvalue weighted by atomic mass is 10.1. The molecule has 4 heteroatoms. The van der Waals surface area contributed by atoms with Crippen molar-refractivity contribution in [1.82, 2.24) is 0 Å². The van der Waals surface area contributed by atoms with Gasteiger partial charge >= 0.3 is 0 Å². The standard InChI is InChI=1S/C8H4BrFO2/c9-8-6(11)4-2-1-3-5(10)7(4)12-8/h1-3,8H. The number of carbonyl (C=O) groups is 1. The Hall–Kier alpha value is -0.900. The summed E-state index contributed by atoms with van der Waals surface area (Å²) in [5.41, 5.74) is 0.303. The van der Waals surface area contributed by atoms with Gasteiger partial charge in [-0.2, -0.15) is 0 Å². The van der Waals surface area contributed by atoms with Crippen molar-refractivity contribution in [1.29, 1.82) is 0 Å². The van der Waals surface area contributed by atoms with E-state index in [1.54, 1.807) is 6.07 Å². The van der Waals surface area contributed by atoms with Gasteiger partial charge in [-0.15, -0.1) is 0 Å². The van der Waals surface area contributed by atoms with E-state index >= 15 is 0 Å². The van der Waals surface area contributed by atoms with Crippen LogP contribution in [0.3, 0.4) is 0 Å². The van der Waals surface area contributed by atoms with Crippen LogP contribution in [-0.4, -0.2) is 10.8 Å². The zero-order valence-corrected chi connectivity index (χ0v) is 7.47. The van der Waals surface area contributed by atoms with Gasteiger partial charge in [0, 0.05) is 0 Å². The molecule has 1 aromatic rings. The molecule has 1 heterocycles. The number of ether oxygens (including phenoxy) is 1. The number of rotatable bonds is 0. The Balaban J connectivity index is 2.61. The Morgan fingerprint density at radius 1 is 1.50 bits per heavy atom. The Bertz CT molecular complexity index is 351. The van der Waals surface area contributed by atoms with Gasteiger partial charge in [0.15, 0.2) is 11.6 Å². The number of para-hydroxylation sites is 1. The highest BCUT2D eigenvalue weighted by molar-refractivity contribution is 9.09. The van der Waals surface area contributed by atoms with Crippen LogP contribution in [-0.2, 0) is 0 Å². The summed E-state index contributed by atoms with van der Waals surface area (Å²) in [7, 11) is 0. The molecule has 1 aromatic carbocycles. The highest BCUT2D eigenvalue weighted by Crippen LogP contribution is 2.33. The molecule has 62 valence electrons. The van der Waals surface area contributed by atoms with Gasteiger partial charge in [-0.05, 0) is 28.1 Å². The normalized spacial score (nSPS) is 20.5. The minimum atomic E-state index is -0.732. The van der Waals surface area contributed by atoms with E-state index in [-0.39, 0.29) is 11.5 Å². The number of carbonyl (C=O) groups excluding carboxylic acids is 1. The Morgan fingerprint density at radius 3 is 2.92 bits per heavy atom. The first-order valence-corrected chi connectivity index (χ1v) is 4.25.